The Morgan fingerprint density at radius 2 is 1.75 bits per heavy atom. The highest BCUT2D eigenvalue weighted by Crippen LogP contribution is 2.32. The maximum Gasteiger partial charge on any atom is 0.123 e. The normalized spacial score (nSPS) is 12.4. The van der Waals surface area contributed by atoms with Gasteiger partial charge in [0.2, 0.25) is 0 Å². The molecule has 0 aliphatic heterocycles. The second-order valence-corrected chi connectivity index (χ2v) is 8.44. The Labute approximate surface area is 177 Å². The van der Waals surface area contributed by atoms with E-state index in [1.807, 2.05) is 12.1 Å². The second kappa shape index (κ2) is 9.44. The van der Waals surface area contributed by atoms with Gasteiger partial charge < -0.3 is 14.5 Å². The summed E-state index contributed by atoms with van der Waals surface area (Å²) in [4.78, 5) is 4.76. The van der Waals surface area contributed by atoms with Crippen molar-refractivity contribution < 1.29 is 4.74 Å². The molecule has 3 nitrogen and oxygen atoms in total. The van der Waals surface area contributed by atoms with Crippen molar-refractivity contribution >= 4 is 32.4 Å². The molecule has 1 unspecified atom stereocenters. The fraction of sp³-hybridized carbons (Fsp3) is 0.333. The average Bonchev–Trinajstić information content (AvgIpc) is 2.70. The lowest BCUT2D eigenvalue weighted by atomic mass is 10.0. The topological polar surface area (TPSA) is 15.7 Å². The van der Waals surface area contributed by atoms with Crippen LogP contribution in [0.25, 0.3) is 10.8 Å². The Balaban J connectivity index is 2.03. The molecule has 1 atom stereocenters. The summed E-state index contributed by atoms with van der Waals surface area (Å²) in [6.07, 6.45) is 1.09. The van der Waals surface area contributed by atoms with Gasteiger partial charge in [0.25, 0.3) is 0 Å². The van der Waals surface area contributed by atoms with Crippen LogP contribution in [0, 0.1) is 0 Å². The lowest BCUT2D eigenvalue weighted by molar-refractivity contribution is 0.377. The summed E-state index contributed by atoms with van der Waals surface area (Å²) in [5, 5.41) is 2.56. The number of ether oxygens (including phenoxy) is 1. The van der Waals surface area contributed by atoms with Crippen LogP contribution in [0.3, 0.4) is 0 Å². The molecule has 4 heteroatoms. The van der Waals surface area contributed by atoms with Gasteiger partial charge in [-0.25, -0.2) is 0 Å². The number of rotatable bonds is 8. The number of methoxy groups -OCH3 is 1. The summed E-state index contributed by atoms with van der Waals surface area (Å²) in [6.45, 7) is 4.17. The van der Waals surface area contributed by atoms with Gasteiger partial charge in [-0.2, -0.15) is 0 Å². The van der Waals surface area contributed by atoms with Gasteiger partial charge in [0.05, 0.1) is 7.11 Å². The first kappa shape index (κ1) is 20.7. The van der Waals surface area contributed by atoms with Crippen LogP contribution in [0.15, 0.2) is 65.1 Å². The molecule has 0 fully saturated rings. The molecule has 0 saturated carbocycles. The van der Waals surface area contributed by atoms with Crippen molar-refractivity contribution in [3.05, 3.63) is 70.7 Å². The van der Waals surface area contributed by atoms with E-state index in [9.17, 15) is 0 Å². The molecule has 0 N–H and O–H groups in total. The Morgan fingerprint density at radius 3 is 2.50 bits per heavy atom. The standard InChI is InChI=1S/C24H29BrN2O/c1-18(14-15-26(2)3)27(17-20-16-21(25)12-13-24(20)28-4)23-11-7-9-19-8-5-6-10-22(19)23/h5-13,16,18H,14-15,17H2,1-4H3. The zero-order valence-electron chi connectivity index (χ0n) is 17.2. The van der Waals surface area contributed by atoms with Gasteiger partial charge in [0.15, 0.2) is 0 Å². The molecule has 0 aliphatic rings. The third-order valence-electron chi connectivity index (χ3n) is 5.19. The van der Waals surface area contributed by atoms with E-state index in [1.165, 1.54) is 22.0 Å². The van der Waals surface area contributed by atoms with Gasteiger partial charge in [-0.05, 0) is 63.6 Å². The highest BCUT2D eigenvalue weighted by Gasteiger charge is 2.19. The maximum absolute atomic E-state index is 5.65. The highest BCUT2D eigenvalue weighted by atomic mass is 79.9. The van der Waals surface area contributed by atoms with Crippen LogP contribution in [0.4, 0.5) is 5.69 Å². The molecule has 0 amide bonds. The molecule has 3 rings (SSSR count). The fourth-order valence-electron chi connectivity index (χ4n) is 3.59. The summed E-state index contributed by atoms with van der Waals surface area (Å²) in [6, 6.07) is 21.8. The molecule has 0 radical (unpaired) electrons. The molecular formula is C24H29BrN2O. The van der Waals surface area contributed by atoms with Crippen LogP contribution in [0.5, 0.6) is 5.75 Å². The lowest BCUT2D eigenvalue weighted by Crippen LogP contribution is -2.35. The third kappa shape index (κ3) is 4.86. The van der Waals surface area contributed by atoms with Crippen LogP contribution in [-0.4, -0.2) is 38.7 Å². The number of hydrogen-bond acceptors (Lipinski definition) is 3. The summed E-state index contributed by atoms with van der Waals surface area (Å²) in [5.41, 5.74) is 2.45. The number of hydrogen-bond donors (Lipinski definition) is 0. The SMILES string of the molecule is COc1ccc(Br)cc1CN(c1cccc2ccccc12)C(C)CCN(C)C. The first-order chi connectivity index (χ1) is 13.5. The molecule has 0 spiro atoms. The van der Waals surface area contributed by atoms with Crippen molar-refractivity contribution in [2.45, 2.75) is 25.9 Å². The number of nitrogens with zero attached hydrogens (tertiary/aromatic N) is 2. The van der Waals surface area contributed by atoms with E-state index in [1.54, 1.807) is 7.11 Å². The summed E-state index contributed by atoms with van der Waals surface area (Å²) in [7, 11) is 6.00. The molecule has 0 bridgehead atoms. The van der Waals surface area contributed by atoms with Crippen molar-refractivity contribution in [1.29, 1.82) is 0 Å². The Bertz CT molecular complexity index is 920. The fourth-order valence-corrected chi connectivity index (χ4v) is 4.00. The van der Waals surface area contributed by atoms with E-state index in [2.05, 4.69) is 95.3 Å². The predicted molar refractivity (Wildman–Crippen MR) is 123 cm³/mol. The largest absolute Gasteiger partial charge is 0.496 e. The molecular weight excluding hydrogens is 412 g/mol. The number of anilines is 1. The molecule has 0 aromatic heterocycles. The van der Waals surface area contributed by atoms with Crippen molar-refractivity contribution in [2.75, 3.05) is 32.6 Å². The van der Waals surface area contributed by atoms with Gasteiger partial charge in [-0.15, -0.1) is 0 Å². The minimum absolute atomic E-state index is 0.386. The average molecular weight is 441 g/mol. The van der Waals surface area contributed by atoms with Crippen LogP contribution >= 0.6 is 15.9 Å². The minimum atomic E-state index is 0.386. The zero-order chi connectivity index (χ0) is 20.1. The van der Waals surface area contributed by atoms with Crippen LogP contribution in [0.2, 0.25) is 0 Å². The Kier molecular flexibility index (Phi) is 6.97. The van der Waals surface area contributed by atoms with Crippen LogP contribution in [0.1, 0.15) is 18.9 Å². The summed E-state index contributed by atoms with van der Waals surface area (Å²) < 4.78 is 6.72. The van der Waals surface area contributed by atoms with E-state index in [4.69, 9.17) is 4.74 Å². The van der Waals surface area contributed by atoms with E-state index >= 15 is 0 Å². The van der Waals surface area contributed by atoms with Gasteiger partial charge in [0, 0.05) is 33.7 Å². The van der Waals surface area contributed by atoms with Gasteiger partial charge in [-0.1, -0.05) is 52.3 Å². The second-order valence-electron chi connectivity index (χ2n) is 7.52. The van der Waals surface area contributed by atoms with Crippen molar-refractivity contribution in [3.63, 3.8) is 0 Å². The molecule has 3 aromatic rings. The van der Waals surface area contributed by atoms with Crippen molar-refractivity contribution in [2.24, 2.45) is 0 Å². The Hall–Kier alpha value is -2.04. The van der Waals surface area contributed by atoms with E-state index in [-0.39, 0.29) is 0 Å². The Morgan fingerprint density at radius 1 is 1.00 bits per heavy atom. The van der Waals surface area contributed by atoms with Crippen LogP contribution < -0.4 is 9.64 Å². The first-order valence-electron chi connectivity index (χ1n) is 9.71. The predicted octanol–water partition coefficient (Wildman–Crippen LogP) is 5.96. The zero-order valence-corrected chi connectivity index (χ0v) is 18.7. The molecule has 3 aromatic carbocycles. The summed E-state index contributed by atoms with van der Waals surface area (Å²) >= 11 is 3.62. The van der Waals surface area contributed by atoms with Crippen LogP contribution in [-0.2, 0) is 6.54 Å². The highest BCUT2D eigenvalue weighted by molar-refractivity contribution is 9.10. The van der Waals surface area contributed by atoms with Crippen molar-refractivity contribution in [3.8, 4) is 5.75 Å². The molecule has 0 aliphatic carbocycles. The maximum atomic E-state index is 5.65. The number of benzene rings is 3. The first-order valence-corrected chi connectivity index (χ1v) is 10.5. The smallest absolute Gasteiger partial charge is 0.123 e. The molecule has 0 saturated heterocycles. The molecule has 148 valence electrons. The van der Waals surface area contributed by atoms with Gasteiger partial charge >= 0.3 is 0 Å². The monoisotopic (exact) mass is 440 g/mol. The van der Waals surface area contributed by atoms with E-state index < -0.39 is 0 Å². The van der Waals surface area contributed by atoms with Gasteiger partial charge in [0.1, 0.15) is 5.75 Å². The van der Waals surface area contributed by atoms with Gasteiger partial charge in [-0.3, -0.25) is 0 Å². The lowest BCUT2D eigenvalue weighted by Gasteiger charge is -2.33. The molecule has 0 heterocycles. The number of fused-ring (bicyclic) bond motifs is 1. The molecule has 28 heavy (non-hydrogen) atoms. The minimum Gasteiger partial charge on any atom is -0.496 e. The number of halogens is 1. The van der Waals surface area contributed by atoms with E-state index in [0.29, 0.717) is 6.04 Å². The third-order valence-corrected chi connectivity index (χ3v) is 5.68. The summed E-state index contributed by atoms with van der Waals surface area (Å²) in [5.74, 6) is 0.924. The van der Waals surface area contributed by atoms with E-state index in [0.717, 1.165) is 29.7 Å². The van der Waals surface area contributed by atoms with Crippen molar-refractivity contribution in [1.82, 2.24) is 4.90 Å². The quantitative estimate of drug-likeness (QED) is 0.429.